The molecule has 0 aliphatic carbocycles. The quantitative estimate of drug-likeness (QED) is 0.401. The van der Waals surface area contributed by atoms with E-state index in [4.69, 9.17) is 16.6 Å². The lowest BCUT2D eigenvalue weighted by Gasteiger charge is -2.30. The van der Waals surface area contributed by atoms with Crippen molar-refractivity contribution < 1.29 is 0 Å². The molecule has 0 radical (unpaired) electrons. The van der Waals surface area contributed by atoms with Crippen LogP contribution < -0.4 is 16.3 Å². The molecule has 5 nitrogen and oxygen atoms in total. The van der Waals surface area contributed by atoms with Crippen LogP contribution in [0.25, 0.3) is 21.5 Å². The van der Waals surface area contributed by atoms with Crippen molar-refractivity contribution in [3.8, 4) is 0 Å². The maximum Gasteiger partial charge on any atom is 0.146 e. The van der Waals surface area contributed by atoms with Crippen LogP contribution in [0.5, 0.6) is 0 Å². The van der Waals surface area contributed by atoms with E-state index in [0.29, 0.717) is 11.0 Å². The fourth-order valence-electron chi connectivity index (χ4n) is 3.43. The maximum absolute atomic E-state index is 6.32. The Morgan fingerprint density at radius 2 is 1.38 bits per heavy atom. The van der Waals surface area contributed by atoms with Crippen LogP contribution in [-0.4, -0.2) is 11.1 Å². The van der Waals surface area contributed by atoms with Gasteiger partial charge in [0.2, 0.25) is 0 Å². The van der Waals surface area contributed by atoms with Crippen LogP contribution >= 0.6 is 11.6 Å². The van der Waals surface area contributed by atoms with Crippen molar-refractivity contribution in [2.75, 3.05) is 5.43 Å². The number of rotatable bonds is 3. The van der Waals surface area contributed by atoms with Crippen molar-refractivity contribution in [1.82, 2.24) is 16.1 Å². The summed E-state index contributed by atoms with van der Waals surface area (Å²) in [4.78, 5) is 4.77. The van der Waals surface area contributed by atoms with Crippen molar-refractivity contribution in [3.63, 3.8) is 0 Å². The molecule has 4 aromatic carbocycles. The molecule has 1 aliphatic heterocycles. The molecule has 0 amide bonds. The van der Waals surface area contributed by atoms with Gasteiger partial charge in [0.05, 0.1) is 11.4 Å². The fraction of sp³-hybridized carbons (Fsp3) is 0. The third-order valence-electron chi connectivity index (χ3n) is 4.74. The van der Waals surface area contributed by atoms with Gasteiger partial charge >= 0.3 is 0 Å². The zero-order chi connectivity index (χ0) is 19.6. The van der Waals surface area contributed by atoms with E-state index in [9.17, 15) is 0 Å². The van der Waals surface area contributed by atoms with Crippen LogP contribution in [0, 0.1) is 0 Å². The van der Waals surface area contributed by atoms with Gasteiger partial charge in [-0.15, -0.1) is 0 Å². The topological polar surface area (TPSA) is 51.7 Å². The lowest BCUT2D eigenvalue weighted by atomic mass is 10.1. The largest absolute Gasteiger partial charge is 0.282 e. The summed E-state index contributed by atoms with van der Waals surface area (Å²) in [7, 11) is 0. The van der Waals surface area contributed by atoms with E-state index in [1.54, 1.807) is 11.3 Å². The summed E-state index contributed by atoms with van der Waals surface area (Å²) in [5, 5.41) is 6.55. The molecule has 0 bridgehead atoms. The van der Waals surface area contributed by atoms with E-state index in [-0.39, 0.29) is 0 Å². The Morgan fingerprint density at radius 1 is 0.724 bits per heavy atom. The van der Waals surface area contributed by atoms with Gasteiger partial charge in [-0.1, -0.05) is 84.4 Å². The van der Waals surface area contributed by atoms with E-state index >= 15 is 0 Å². The zero-order valence-electron chi connectivity index (χ0n) is 15.4. The number of amidine groups is 1. The molecule has 0 unspecified atom stereocenters. The molecular weight excluding hydrogens is 382 g/mol. The number of benzene rings is 4. The molecule has 0 saturated heterocycles. The number of fused-ring (bicyclic) bond motifs is 2. The lowest BCUT2D eigenvalue weighted by Crippen LogP contribution is -2.55. The summed E-state index contributed by atoms with van der Waals surface area (Å²) in [6, 6.07) is 28.5. The molecule has 0 spiro atoms. The SMILES string of the molecule is ClC1=CC(=Nc2cccc3ccccc23)NN(Nc2cccc3ccccc23)N1. The van der Waals surface area contributed by atoms with Crippen LogP contribution in [0.15, 0.2) is 101 Å². The predicted molar refractivity (Wildman–Crippen MR) is 121 cm³/mol. The average molecular weight is 400 g/mol. The second-order valence-corrected chi connectivity index (χ2v) is 7.09. The van der Waals surface area contributed by atoms with Crippen molar-refractivity contribution in [1.29, 1.82) is 0 Å². The minimum atomic E-state index is 0.454. The molecule has 29 heavy (non-hydrogen) atoms. The van der Waals surface area contributed by atoms with E-state index in [0.717, 1.165) is 32.9 Å². The highest BCUT2D eigenvalue weighted by molar-refractivity contribution is 6.31. The summed E-state index contributed by atoms with van der Waals surface area (Å²) in [6.07, 6.45) is 1.75. The number of hydrazine groups is 3. The first kappa shape index (κ1) is 17.6. The molecular formula is C23H18ClN5. The first-order chi connectivity index (χ1) is 14.3. The maximum atomic E-state index is 6.32. The number of nitrogens with one attached hydrogen (secondary N) is 3. The molecule has 142 valence electrons. The van der Waals surface area contributed by atoms with Gasteiger partial charge in [0.1, 0.15) is 11.0 Å². The molecule has 3 N–H and O–H groups in total. The predicted octanol–water partition coefficient (Wildman–Crippen LogP) is 5.46. The number of anilines is 1. The fourth-order valence-corrected chi connectivity index (χ4v) is 3.61. The highest BCUT2D eigenvalue weighted by Crippen LogP contribution is 2.26. The number of nitrogens with zero attached hydrogens (tertiary/aromatic N) is 2. The van der Waals surface area contributed by atoms with E-state index < -0.39 is 0 Å². The van der Waals surface area contributed by atoms with Gasteiger partial charge in [0.25, 0.3) is 0 Å². The first-order valence-corrected chi connectivity index (χ1v) is 9.66. The minimum Gasteiger partial charge on any atom is -0.282 e. The summed E-state index contributed by atoms with van der Waals surface area (Å²) < 4.78 is 0. The normalized spacial score (nSPS) is 15.8. The zero-order valence-corrected chi connectivity index (χ0v) is 16.2. The second kappa shape index (κ2) is 7.47. The molecule has 0 fully saturated rings. The first-order valence-electron chi connectivity index (χ1n) is 9.28. The summed E-state index contributed by atoms with van der Waals surface area (Å²) in [5.74, 6) is 0.623. The van der Waals surface area contributed by atoms with Gasteiger partial charge in [-0.25, -0.2) is 4.99 Å². The number of hydrogen-bond acceptors (Lipinski definition) is 4. The Hall–Kier alpha value is -3.54. The number of hydrogen-bond donors (Lipinski definition) is 3. The van der Waals surface area contributed by atoms with Gasteiger partial charge in [-0.3, -0.25) is 16.3 Å². The van der Waals surface area contributed by atoms with Gasteiger partial charge < -0.3 is 0 Å². The standard InChI is InChI=1S/C23H18ClN5/c24-22-15-23(25-20-13-5-9-16-7-1-3-11-18(16)20)28-29(27-22)26-21-14-6-10-17-8-2-4-12-19(17)21/h1-15,26-27H,(H,25,28). The van der Waals surface area contributed by atoms with Crippen molar-refractivity contribution in [2.45, 2.75) is 0 Å². The summed E-state index contributed by atoms with van der Waals surface area (Å²) in [6.45, 7) is 0. The van der Waals surface area contributed by atoms with E-state index in [2.05, 4.69) is 52.7 Å². The monoisotopic (exact) mass is 399 g/mol. The molecule has 1 aliphatic rings. The smallest absolute Gasteiger partial charge is 0.146 e. The van der Waals surface area contributed by atoms with Crippen molar-refractivity contribution in [2.24, 2.45) is 4.99 Å². The molecule has 1 heterocycles. The third-order valence-corrected chi connectivity index (χ3v) is 4.93. The van der Waals surface area contributed by atoms with Crippen LogP contribution in [0.1, 0.15) is 0 Å². The van der Waals surface area contributed by atoms with Crippen LogP contribution in [0.2, 0.25) is 0 Å². The Kier molecular flexibility index (Phi) is 4.52. The van der Waals surface area contributed by atoms with Crippen LogP contribution in [-0.2, 0) is 0 Å². The van der Waals surface area contributed by atoms with Gasteiger partial charge in [-0.05, 0) is 28.1 Å². The Balaban J connectivity index is 1.46. The van der Waals surface area contributed by atoms with Crippen LogP contribution in [0.3, 0.4) is 0 Å². The molecule has 0 saturated carbocycles. The summed E-state index contributed by atoms with van der Waals surface area (Å²) >= 11 is 6.32. The highest BCUT2D eigenvalue weighted by Gasteiger charge is 2.15. The molecule has 4 aromatic rings. The minimum absolute atomic E-state index is 0.454. The molecule has 0 aromatic heterocycles. The molecule has 0 atom stereocenters. The second-order valence-electron chi connectivity index (χ2n) is 6.69. The number of halogens is 1. The Bertz CT molecular complexity index is 1250. The molecule has 5 rings (SSSR count). The average Bonchev–Trinajstić information content (AvgIpc) is 2.74. The Morgan fingerprint density at radius 3 is 2.21 bits per heavy atom. The van der Waals surface area contributed by atoms with E-state index in [1.807, 2.05) is 48.5 Å². The third kappa shape index (κ3) is 3.61. The Labute approximate surface area is 173 Å². The highest BCUT2D eigenvalue weighted by atomic mass is 35.5. The molecule has 6 heteroatoms. The number of aliphatic imine (C=N–C) groups is 1. The van der Waals surface area contributed by atoms with Gasteiger partial charge in [0.15, 0.2) is 0 Å². The van der Waals surface area contributed by atoms with Crippen LogP contribution in [0.4, 0.5) is 11.4 Å². The van der Waals surface area contributed by atoms with Crippen molar-refractivity contribution >= 4 is 50.4 Å². The van der Waals surface area contributed by atoms with Gasteiger partial charge in [0, 0.05) is 16.8 Å². The summed E-state index contributed by atoms with van der Waals surface area (Å²) in [5.41, 5.74) is 11.4. The lowest BCUT2D eigenvalue weighted by molar-refractivity contribution is 0.222. The van der Waals surface area contributed by atoms with Gasteiger partial charge in [-0.2, -0.15) is 0 Å². The van der Waals surface area contributed by atoms with Crippen molar-refractivity contribution in [3.05, 3.63) is 96.2 Å². The van der Waals surface area contributed by atoms with E-state index in [1.165, 1.54) is 0 Å².